The molecule has 1 aromatic carbocycles. The highest BCUT2D eigenvalue weighted by molar-refractivity contribution is 5.81. The van der Waals surface area contributed by atoms with Crippen LogP contribution in [0, 0.1) is 0 Å². The van der Waals surface area contributed by atoms with Crippen molar-refractivity contribution in [2.24, 2.45) is 0 Å². The van der Waals surface area contributed by atoms with Crippen LogP contribution in [-0.2, 0) is 6.54 Å². The van der Waals surface area contributed by atoms with Gasteiger partial charge in [-0.05, 0) is 25.0 Å². The minimum Gasteiger partial charge on any atom is -0.392 e. The lowest BCUT2D eigenvalue weighted by atomic mass is 10.1. The van der Waals surface area contributed by atoms with Crippen molar-refractivity contribution >= 4 is 16.7 Å². The number of hydrogen-bond donors (Lipinski definition) is 2. The maximum atomic E-state index is 9.69. The van der Waals surface area contributed by atoms with Gasteiger partial charge in [-0.15, -0.1) is 0 Å². The maximum Gasteiger partial charge on any atom is 0.131 e. The molecule has 0 bridgehead atoms. The fourth-order valence-electron chi connectivity index (χ4n) is 2.87. The zero-order valence-electron chi connectivity index (χ0n) is 12.5. The number of anilines is 1. The number of β-amino-alcohol motifs (C(OH)–C–C–N with tert-alkyl or cyclic N) is 1. The van der Waals surface area contributed by atoms with Crippen LogP contribution in [0.1, 0.15) is 25.3 Å². The van der Waals surface area contributed by atoms with Gasteiger partial charge < -0.3 is 10.4 Å². The summed E-state index contributed by atoms with van der Waals surface area (Å²) in [5.41, 5.74) is 2.25. The number of pyridine rings is 1. The second-order valence-electron chi connectivity index (χ2n) is 5.79. The molecule has 2 aromatic rings. The molecular formula is C17H23N3O. The number of hydrogen-bond acceptors (Lipinski definition) is 4. The average molecular weight is 285 g/mol. The zero-order chi connectivity index (χ0) is 14.7. The third-order valence-electron chi connectivity index (χ3n) is 3.99. The number of aliphatic hydroxyl groups excluding tert-OH is 1. The van der Waals surface area contributed by atoms with E-state index in [0.717, 1.165) is 50.4 Å². The summed E-state index contributed by atoms with van der Waals surface area (Å²) in [5, 5.41) is 14.3. The SMILES string of the molecule is CCCNc1nc2ccccc2cc1CN1CCC(O)C1. The standard InChI is InChI=1S/C17H23N3O/c1-2-8-18-17-14(11-20-9-7-15(21)12-20)10-13-5-3-4-6-16(13)19-17/h3-6,10,15,21H,2,7-9,11-12H2,1H3,(H,18,19). The molecule has 2 heterocycles. The molecule has 0 saturated carbocycles. The topological polar surface area (TPSA) is 48.4 Å². The lowest BCUT2D eigenvalue weighted by Crippen LogP contribution is -2.22. The highest BCUT2D eigenvalue weighted by atomic mass is 16.3. The molecule has 1 aliphatic heterocycles. The van der Waals surface area contributed by atoms with Gasteiger partial charge in [0.05, 0.1) is 11.6 Å². The number of para-hydroxylation sites is 1. The first-order valence-electron chi connectivity index (χ1n) is 7.79. The highest BCUT2D eigenvalue weighted by Crippen LogP contribution is 2.23. The quantitative estimate of drug-likeness (QED) is 0.886. The van der Waals surface area contributed by atoms with Crippen LogP contribution in [0.5, 0.6) is 0 Å². The van der Waals surface area contributed by atoms with Crippen molar-refractivity contribution in [2.75, 3.05) is 25.0 Å². The molecule has 0 radical (unpaired) electrons. The molecule has 21 heavy (non-hydrogen) atoms. The van der Waals surface area contributed by atoms with Crippen molar-refractivity contribution in [2.45, 2.75) is 32.4 Å². The van der Waals surface area contributed by atoms with Gasteiger partial charge in [0.15, 0.2) is 0 Å². The van der Waals surface area contributed by atoms with Gasteiger partial charge in [-0.3, -0.25) is 4.90 Å². The molecule has 3 rings (SSSR count). The number of benzene rings is 1. The number of nitrogens with zero attached hydrogens (tertiary/aromatic N) is 2. The molecule has 4 heteroatoms. The van der Waals surface area contributed by atoms with Gasteiger partial charge >= 0.3 is 0 Å². The monoisotopic (exact) mass is 285 g/mol. The minimum atomic E-state index is -0.175. The highest BCUT2D eigenvalue weighted by Gasteiger charge is 2.21. The lowest BCUT2D eigenvalue weighted by molar-refractivity contribution is 0.175. The Kier molecular flexibility index (Phi) is 4.36. The molecule has 1 aromatic heterocycles. The molecule has 1 fully saturated rings. The summed E-state index contributed by atoms with van der Waals surface area (Å²) >= 11 is 0. The Morgan fingerprint density at radius 3 is 3.00 bits per heavy atom. The summed E-state index contributed by atoms with van der Waals surface area (Å²) < 4.78 is 0. The molecular weight excluding hydrogens is 262 g/mol. The van der Waals surface area contributed by atoms with Crippen LogP contribution >= 0.6 is 0 Å². The van der Waals surface area contributed by atoms with E-state index in [0.29, 0.717) is 0 Å². The fourth-order valence-corrected chi connectivity index (χ4v) is 2.87. The van der Waals surface area contributed by atoms with Gasteiger partial charge in [0.25, 0.3) is 0 Å². The molecule has 1 unspecified atom stereocenters. The van der Waals surface area contributed by atoms with E-state index in [4.69, 9.17) is 4.98 Å². The molecule has 2 N–H and O–H groups in total. The lowest BCUT2D eigenvalue weighted by Gasteiger charge is -2.18. The summed E-state index contributed by atoms with van der Waals surface area (Å²) in [6.45, 7) is 5.66. The number of rotatable bonds is 5. The van der Waals surface area contributed by atoms with Gasteiger partial charge in [-0.1, -0.05) is 25.1 Å². The van der Waals surface area contributed by atoms with Gasteiger partial charge in [0.2, 0.25) is 0 Å². The van der Waals surface area contributed by atoms with E-state index in [9.17, 15) is 5.11 Å². The third kappa shape index (κ3) is 3.34. The molecule has 1 aliphatic rings. The van der Waals surface area contributed by atoms with Crippen LogP contribution in [-0.4, -0.2) is 40.7 Å². The Balaban J connectivity index is 1.89. The van der Waals surface area contributed by atoms with E-state index in [1.807, 2.05) is 12.1 Å². The minimum absolute atomic E-state index is 0.175. The van der Waals surface area contributed by atoms with Gasteiger partial charge in [0, 0.05) is 37.1 Å². The van der Waals surface area contributed by atoms with E-state index >= 15 is 0 Å². The molecule has 1 saturated heterocycles. The Hall–Kier alpha value is -1.65. The number of likely N-dealkylation sites (tertiary alicyclic amines) is 1. The first-order chi connectivity index (χ1) is 10.3. The van der Waals surface area contributed by atoms with Crippen LogP contribution in [0.15, 0.2) is 30.3 Å². The van der Waals surface area contributed by atoms with Crippen LogP contribution in [0.2, 0.25) is 0 Å². The Morgan fingerprint density at radius 2 is 2.24 bits per heavy atom. The predicted octanol–water partition coefficient (Wildman–Crippen LogP) is 2.62. The van der Waals surface area contributed by atoms with E-state index in [2.05, 4.69) is 35.3 Å². The van der Waals surface area contributed by atoms with Gasteiger partial charge in [0.1, 0.15) is 5.82 Å². The van der Waals surface area contributed by atoms with Crippen molar-refractivity contribution in [1.29, 1.82) is 0 Å². The number of aliphatic hydroxyl groups is 1. The largest absolute Gasteiger partial charge is 0.392 e. The van der Waals surface area contributed by atoms with Gasteiger partial charge in [-0.25, -0.2) is 4.98 Å². The fraction of sp³-hybridized carbons (Fsp3) is 0.471. The smallest absolute Gasteiger partial charge is 0.131 e. The van der Waals surface area contributed by atoms with Crippen LogP contribution in [0.25, 0.3) is 10.9 Å². The van der Waals surface area contributed by atoms with E-state index in [1.165, 1.54) is 10.9 Å². The van der Waals surface area contributed by atoms with Crippen molar-refractivity contribution in [3.05, 3.63) is 35.9 Å². The summed E-state index contributed by atoms with van der Waals surface area (Å²) in [5.74, 6) is 0.983. The third-order valence-corrected chi connectivity index (χ3v) is 3.99. The summed E-state index contributed by atoms with van der Waals surface area (Å²) in [6, 6.07) is 10.5. The maximum absolute atomic E-state index is 9.69. The molecule has 1 atom stereocenters. The van der Waals surface area contributed by atoms with E-state index < -0.39 is 0 Å². The predicted molar refractivity (Wildman–Crippen MR) is 86.4 cm³/mol. The molecule has 4 nitrogen and oxygen atoms in total. The van der Waals surface area contributed by atoms with Gasteiger partial charge in [-0.2, -0.15) is 0 Å². The number of nitrogens with one attached hydrogen (secondary N) is 1. The first kappa shape index (κ1) is 14.3. The molecule has 0 amide bonds. The molecule has 0 aliphatic carbocycles. The zero-order valence-corrected chi connectivity index (χ0v) is 12.5. The van der Waals surface area contributed by atoms with E-state index in [-0.39, 0.29) is 6.10 Å². The summed E-state index contributed by atoms with van der Waals surface area (Å²) in [7, 11) is 0. The van der Waals surface area contributed by atoms with Crippen LogP contribution in [0.4, 0.5) is 5.82 Å². The number of aromatic nitrogens is 1. The second kappa shape index (κ2) is 6.41. The van der Waals surface area contributed by atoms with Crippen molar-refractivity contribution < 1.29 is 5.11 Å². The summed E-state index contributed by atoms with van der Waals surface area (Å²) in [6.07, 6.45) is 1.78. The van der Waals surface area contributed by atoms with E-state index in [1.54, 1.807) is 0 Å². The molecule has 0 spiro atoms. The second-order valence-corrected chi connectivity index (χ2v) is 5.79. The number of fused-ring (bicyclic) bond motifs is 1. The van der Waals surface area contributed by atoms with Crippen LogP contribution in [0.3, 0.4) is 0 Å². The van der Waals surface area contributed by atoms with Crippen LogP contribution < -0.4 is 5.32 Å². The Labute approximate surface area is 125 Å². The van der Waals surface area contributed by atoms with Crippen molar-refractivity contribution in [3.8, 4) is 0 Å². The average Bonchev–Trinajstić information content (AvgIpc) is 2.90. The first-order valence-corrected chi connectivity index (χ1v) is 7.79. The summed E-state index contributed by atoms with van der Waals surface area (Å²) in [4.78, 5) is 7.07. The Morgan fingerprint density at radius 1 is 1.38 bits per heavy atom. The normalized spacial score (nSPS) is 19.2. The molecule has 112 valence electrons. The van der Waals surface area contributed by atoms with Crippen molar-refractivity contribution in [1.82, 2.24) is 9.88 Å². The Bertz CT molecular complexity index is 614. The van der Waals surface area contributed by atoms with Crippen molar-refractivity contribution in [3.63, 3.8) is 0 Å².